The van der Waals surface area contributed by atoms with E-state index in [4.69, 9.17) is 5.26 Å². The fourth-order valence-electron chi connectivity index (χ4n) is 1.98. The molecule has 0 unspecified atom stereocenters. The number of aromatic nitrogens is 1. The predicted octanol–water partition coefficient (Wildman–Crippen LogP) is 3.66. The second-order valence-corrected chi connectivity index (χ2v) is 5.11. The highest BCUT2D eigenvalue weighted by Crippen LogP contribution is 2.30. The van der Waals surface area contributed by atoms with Crippen LogP contribution < -0.4 is 0 Å². The number of Topliss-reactive ketones (excluding diaryl/α,β-unsaturated/α-hetero) is 1. The summed E-state index contributed by atoms with van der Waals surface area (Å²) in [6.07, 6.45) is 2.48. The van der Waals surface area contributed by atoms with Crippen LogP contribution >= 0.6 is 0 Å². The van der Waals surface area contributed by atoms with Crippen molar-refractivity contribution in [2.75, 3.05) is 0 Å². The zero-order valence-electron chi connectivity index (χ0n) is 10.9. The quantitative estimate of drug-likeness (QED) is 0.832. The molecule has 0 spiro atoms. The summed E-state index contributed by atoms with van der Waals surface area (Å²) >= 11 is 0. The highest BCUT2D eigenvalue weighted by atomic mass is 16.1. The van der Waals surface area contributed by atoms with Crippen molar-refractivity contribution in [3.05, 3.63) is 35.5 Å². The van der Waals surface area contributed by atoms with Crippen LogP contribution in [0.3, 0.4) is 0 Å². The number of fused-ring (bicyclic) bond motifs is 1. The Morgan fingerprint density at radius 1 is 1.44 bits per heavy atom. The lowest BCUT2D eigenvalue weighted by Gasteiger charge is -2.20. The molecule has 92 valence electrons. The molecule has 0 saturated heterocycles. The van der Waals surface area contributed by atoms with Crippen molar-refractivity contribution in [2.24, 2.45) is 5.41 Å². The van der Waals surface area contributed by atoms with Crippen LogP contribution in [0.4, 0.5) is 0 Å². The van der Waals surface area contributed by atoms with Crippen LogP contribution in [0.2, 0.25) is 0 Å². The predicted molar refractivity (Wildman–Crippen MR) is 71.4 cm³/mol. The summed E-state index contributed by atoms with van der Waals surface area (Å²) in [5.41, 5.74) is 1.60. The average Bonchev–Trinajstić information content (AvgIpc) is 2.81. The van der Waals surface area contributed by atoms with E-state index in [1.807, 2.05) is 32.9 Å². The molecule has 0 fully saturated rings. The van der Waals surface area contributed by atoms with Crippen LogP contribution in [0, 0.1) is 16.7 Å². The van der Waals surface area contributed by atoms with Crippen LogP contribution in [-0.4, -0.2) is 10.8 Å². The van der Waals surface area contributed by atoms with Gasteiger partial charge in [-0.25, -0.2) is 0 Å². The average molecular weight is 240 g/mol. The molecule has 0 atom stereocenters. The number of nitrogens with zero attached hydrogens (tertiary/aromatic N) is 1. The smallest absolute Gasteiger partial charge is 0.170 e. The van der Waals surface area contributed by atoms with Gasteiger partial charge in [0.1, 0.15) is 0 Å². The number of benzene rings is 1. The largest absolute Gasteiger partial charge is 0.360 e. The number of rotatable bonds is 3. The fraction of sp³-hybridized carbons (Fsp3) is 0.333. The van der Waals surface area contributed by atoms with Gasteiger partial charge in [0.05, 0.1) is 11.6 Å². The minimum Gasteiger partial charge on any atom is -0.360 e. The molecule has 1 heterocycles. The third kappa shape index (κ3) is 1.80. The Morgan fingerprint density at radius 2 is 2.17 bits per heavy atom. The molecule has 3 heteroatoms. The van der Waals surface area contributed by atoms with Gasteiger partial charge >= 0.3 is 0 Å². The van der Waals surface area contributed by atoms with Crippen molar-refractivity contribution in [3.8, 4) is 6.07 Å². The molecule has 0 amide bonds. The van der Waals surface area contributed by atoms with Crippen molar-refractivity contribution >= 4 is 16.7 Å². The second kappa shape index (κ2) is 4.30. The molecule has 3 nitrogen and oxygen atoms in total. The SMILES string of the molecule is CCC(C)(C)C(=O)c1c[nH]c2cccc(C#N)c12. The highest BCUT2D eigenvalue weighted by molar-refractivity contribution is 6.11. The Hall–Kier alpha value is -2.08. The van der Waals surface area contributed by atoms with E-state index >= 15 is 0 Å². The van der Waals surface area contributed by atoms with Crippen molar-refractivity contribution in [2.45, 2.75) is 27.2 Å². The summed E-state index contributed by atoms with van der Waals surface area (Å²) in [6, 6.07) is 7.59. The molecule has 18 heavy (non-hydrogen) atoms. The summed E-state index contributed by atoms with van der Waals surface area (Å²) < 4.78 is 0. The van der Waals surface area contributed by atoms with Gasteiger partial charge < -0.3 is 4.98 Å². The number of nitriles is 1. The molecular weight excluding hydrogens is 224 g/mol. The number of aromatic amines is 1. The first-order chi connectivity index (χ1) is 8.51. The number of nitrogens with one attached hydrogen (secondary N) is 1. The Balaban J connectivity index is 2.67. The summed E-state index contributed by atoms with van der Waals surface area (Å²) in [6.45, 7) is 5.87. The van der Waals surface area contributed by atoms with E-state index < -0.39 is 5.41 Å². The molecule has 0 saturated carbocycles. The normalized spacial score (nSPS) is 11.4. The minimum atomic E-state index is -0.405. The molecule has 1 aromatic heterocycles. The first-order valence-corrected chi connectivity index (χ1v) is 6.06. The molecule has 0 aliphatic heterocycles. The van der Waals surface area contributed by atoms with Gasteiger partial charge in [-0.1, -0.05) is 26.8 Å². The van der Waals surface area contributed by atoms with Gasteiger partial charge in [0, 0.05) is 28.1 Å². The van der Waals surface area contributed by atoms with Gasteiger partial charge in [0.2, 0.25) is 0 Å². The van der Waals surface area contributed by atoms with Gasteiger partial charge in [0.15, 0.2) is 5.78 Å². The molecule has 2 aromatic rings. The number of carbonyl (C=O) groups is 1. The summed E-state index contributed by atoms with van der Waals surface area (Å²) in [5, 5.41) is 9.89. The summed E-state index contributed by atoms with van der Waals surface area (Å²) in [5.74, 6) is 0.0824. The number of H-pyrrole nitrogens is 1. The van der Waals surface area contributed by atoms with E-state index in [0.29, 0.717) is 11.1 Å². The third-order valence-electron chi connectivity index (χ3n) is 3.57. The van der Waals surface area contributed by atoms with Gasteiger partial charge in [0.25, 0.3) is 0 Å². The maximum absolute atomic E-state index is 12.5. The second-order valence-electron chi connectivity index (χ2n) is 5.11. The summed E-state index contributed by atoms with van der Waals surface area (Å²) in [7, 11) is 0. The maximum Gasteiger partial charge on any atom is 0.170 e. The Morgan fingerprint density at radius 3 is 2.78 bits per heavy atom. The van der Waals surface area contributed by atoms with E-state index in [9.17, 15) is 4.79 Å². The van der Waals surface area contributed by atoms with Crippen LogP contribution in [0.1, 0.15) is 43.1 Å². The van der Waals surface area contributed by atoms with E-state index in [1.54, 1.807) is 12.3 Å². The first-order valence-electron chi connectivity index (χ1n) is 6.06. The van der Waals surface area contributed by atoms with Crippen LogP contribution in [-0.2, 0) is 0 Å². The zero-order chi connectivity index (χ0) is 13.3. The van der Waals surface area contributed by atoms with E-state index in [1.165, 1.54) is 0 Å². The topological polar surface area (TPSA) is 56.6 Å². The zero-order valence-corrected chi connectivity index (χ0v) is 10.9. The molecule has 1 aromatic carbocycles. The fourth-order valence-corrected chi connectivity index (χ4v) is 1.98. The first kappa shape index (κ1) is 12.4. The van der Waals surface area contributed by atoms with Crippen LogP contribution in [0.5, 0.6) is 0 Å². The number of ketones is 1. The van der Waals surface area contributed by atoms with Crippen molar-refractivity contribution in [1.29, 1.82) is 5.26 Å². The molecule has 0 aliphatic rings. The van der Waals surface area contributed by atoms with Crippen molar-refractivity contribution < 1.29 is 4.79 Å². The Bertz CT molecular complexity index is 644. The maximum atomic E-state index is 12.5. The van der Waals surface area contributed by atoms with Gasteiger partial charge in [-0.15, -0.1) is 0 Å². The molecular formula is C15H16N2O. The van der Waals surface area contributed by atoms with Gasteiger partial charge in [-0.3, -0.25) is 4.79 Å². The number of carbonyl (C=O) groups excluding carboxylic acids is 1. The summed E-state index contributed by atoms with van der Waals surface area (Å²) in [4.78, 5) is 15.6. The van der Waals surface area contributed by atoms with Crippen molar-refractivity contribution in [3.63, 3.8) is 0 Å². The lowest BCUT2D eigenvalue weighted by molar-refractivity contribution is 0.0835. The third-order valence-corrected chi connectivity index (χ3v) is 3.57. The number of hydrogen-bond acceptors (Lipinski definition) is 2. The van der Waals surface area contributed by atoms with Gasteiger partial charge in [-0.2, -0.15) is 5.26 Å². The molecule has 0 aliphatic carbocycles. The standard InChI is InChI=1S/C15H16N2O/c1-4-15(2,3)14(18)11-9-17-12-7-5-6-10(8-16)13(11)12/h5-7,9,17H,4H2,1-3H3. The van der Waals surface area contributed by atoms with Crippen LogP contribution in [0.15, 0.2) is 24.4 Å². The van der Waals surface area contributed by atoms with E-state index in [0.717, 1.165) is 17.3 Å². The minimum absolute atomic E-state index is 0.0824. The Labute approximate surface area is 106 Å². The van der Waals surface area contributed by atoms with E-state index in [2.05, 4.69) is 11.1 Å². The van der Waals surface area contributed by atoms with Gasteiger partial charge in [-0.05, 0) is 18.6 Å². The lowest BCUT2D eigenvalue weighted by atomic mass is 9.81. The molecule has 0 radical (unpaired) electrons. The number of hydrogen-bond donors (Lipinski definition) is 1. The Kier molecular flexibility index (Phi) is 2.96. The van der Waals surface area contributed by atoms with E-state index in [-0.39, 0.29) is 5.78 Å². The molecule has 0 bridgehead atoms. The highest BCUT2D eigenvalue weighted by Gasteiger charge is 2.29. The monoisotopic (exact) mass is 240 g/mol. The molecule has 1 N–H and O–H groups in total. The lowest BCUT2D eigenvalue weighted by Crippen LogP contribution is -2.23. The molecule has 2 rings (SSSR count). The van der Waals surface area contributed by atoms with Crippen LogP contribution in [0.25, 0.3) is 10.9 Å². The van der Waals surface area contributed by atoms with Crippen molar-refractivity contribution in [1.82, 2.24) is 4.98 Å².